The first-order chi connectivity index (χ1) is 9.15. The van der Waals surface area contributed by atoms with E-state index in [1.165, 1.54) is 5.56 Å². The van der Waals surface area contributed by atoms with Crippen molar-refractivity contribution >= 4 is 11.3 Å². The molecule has 0 aliphatic rings. The molecule has 0 radical (unpaired) electrons. The van der Waals surface area contributed by atoms with Gasteiger partial charge in [-0.05, 0) is 19.4 Å². The predicted octanol–water partition coefficient (Wildman–Crippen LogP) is 3.30. The van der Waals surface area contributed by atoms with Crippen LogP contribution in [-0.4, -0.2) is 23.3 Å². The second-order valence-corrected chi connectivity index (χ2v) is 6.28. The highest BCUT2D eigenvalue weighted by atomic mass is 32.1. The summed E-state index contributed by atoms with van der Waals surface area (Å²) in [5, 5.41) is 14.1. The lowest BCUT2D eigenvalue weighted by atomic mass is 10.2. The van der Waals surface area contributed by atoms with Gasteiger partial charge in [0.05, 0.1) is 0 Å². The second kappa shape index (κ2) is 6.78. The van der Waals surface area contributed by atoms with Gasteiger partial charge in [0.25, 0.3) is 0 Å². The first-order valence-electron chi connectivity index (χ1n) is 6.75. The Morgan fingerprint density at radius 3 is 2.58 bits per heavy atom. The number of hydrogen-bond donors (Lipinski definition) is 1. The summed E-state index contributed by atoms with van der Waals surface area (Å²) in [5.74, 6) is 0.692. The van der Waals surface area contributed by atoms with Gasteiger partial charge in [0.2, 0.25) is 0 Å². The first-order valence-corrected chi connectivity index (χ1v) is 7.57. The zero-order valence-electron chi connectivity index (χ0n) is 11.8. The molecule has 1 N–H and O–H groups in total. The zero-order chi connectivity index (χ0) is 13.7. The van der Waals surface area contributed by atoms with Gasteiger partial charge >= 0.3 is 0 Å². The lowest BCUT2D eigenvalue weighted by Crippen LogP contribution is -2.22. The van der Waals surface area contributed by atoms with Crippen molar-refractivity contribution in [3.05, 3.63) is 34.8 Å². The Labute approximate surface area is 119 Å². The van der Waals surface area contributed by atoms with Gasteiger partial charge in [0.1, 0.15) is 10.0 Å². The molecule has 0 amide bonds. The quantitative estimate of drug-likeness (QED) is 0.822. The van der Waals surface area contributed by atoms with Crippen LogP contribution in [-0.2, 0) is 6.42 Å². The number of hydrogen-bond acceptors (Lipinski definition) is 4. The Hall–Kier alpha value is -1.26. The van der Waals surface area contributed by atoms with E-state index in [0.717, 1.165) is 35.1 Å². The molecule has 102 valence electrons. The smallest absolute Gasteiger partial charge is 0.147 e. The summed E-state index contributed by atoms with van der Waals surface area (Å²) in [6, 6.07) is 8.44. The molecule has 0 spiro atoms. The van der Waals surface area contributed by atoms with Crippen molar-refractivity contribution in [1.29, 1.82) is 0 Å². The Morgan fingerprint density at radius 2 is 1.89 bits per heavy atom. The molecule has 3 nitrogen and oxygen atoms in total. The van der Waals surface area contributed by atoms with Crippen LogP contribution in [0.1, 0.15) is 24.4 Å². The summed E-state index contributed by atoms with van der Waals surface area (Å²) in [4.78, 5) is 0. The largest absolute Gasteiger partial charge is 0.316 e. The highest BCUT2D eigenvalue weighted by Crippen LogP contribution is 2.23. The molecule has 0 aliphatic heterocycles. The number of nitrogens with one attached hydrogen (secondary N) is 1. The minimum atomic E-state index is 0.692. The standard InChI is InChI=1S/C15H21N3S/c1-11(2)10-16-9-8-14-17-18-15(19-14)13-6-4-12(3)5-7-13/h4-7,11,16H,8-10H2,1-3H3. The van der Waals surface area contributed by atoms with E-state index in [1.54, 1.807) is 11.3 Å². The number of nitrogens with zero attached hydrogens (tertiary/aromatic N) is 2. The molecule has 0 saturated heterocycles. The van der Waals surface area contributed by atoms with Crippen LogP contribution in [0.25, 0.3) is 10.6 Å². The van der Waals surface area contributed by atoms with Crippen molar-refractivity contribution < 1.29 is 0 Å². The molecule has 19 heavy (non-hydrogen) atoms. The number of rotatable bonds is 6. The second-order valence-electron chi connectivity index (χ2n) is 5.21. The molecule has 0 aliphatic carbocycles. The van der Waals surface area contributed by atoms with Gasteiger partial charge in [-0.15, -0.1) is 10.2 Å². The maximum absolute atomic E-state index is 4.27. The van der Waals surface area contributed by atoms with Crippen LogP contribution < -0.4 is 5.32 Å². The van der Waals surface area contributed by atoms with Gasteiger partial charge in [0.15, 0.2) is 0 Å². The van der Waals surface area contributed by atoms with Gasteiger partial charge in [-0.2, -0.15) is 0 Å². The van der Waals surface area contributed by atoms with Crippen LogP contribution in [0.3, 0.4) is 0 Å². The molecule has 0 fully saturated rings. The van der Waals surface area contributed by atoms with Crippen LogP contribution in [0.2, 0.25) is 0 Å². The zero-order valence-corrected chi connectivity index (χ0v) is 12.6. The lowest BCUT2D eigenvalue weighted by Gasteiger charge is -2.05. The summed E-state index contributed by atoms with van der Waals surface area (Å²) in [6.45, 7) is 8.56. The van der Waals surface area contributed by atoms with E-state index in [9.17, 15) is 0 Å². The van der Waals surface area contributed by atoms with Crippen LogP contribution in [0.4, 0.5) is 0 Å². The molecule has 1 aromatic heterocycles. The monoisotopic (exact) mass is 275 g/mol. The summed E-state index contributed by atoms with van der Waals surface area (Å²) >= 11 is 1.69. The number of aryl methyl sites for hydroxylation is 1. The Bertz CT molecular complexity index is 502. The van der Waals surface area contributed by atoms with Crippen molar-refractivity contribution in [2.24, 2.45) is 5.92 Å². The summed E-state index contributed by atoms with van der Waals surface area (Å²) < 4.78 is 0. The fraction of sp³-hybridized carbons (Fsp3) is 0.467. The maximum Gasteiger partial charge on any atom is 0.147 e. The molecule has 0 unspecified atom stereocenters. The van der Waals surface area contributed by atoms with Gasteiger partial charge in [-0.25, -0.2) is 0 Å². The molecule has 4 heteroatoms. The van der Waals surface area contributed by atoms with E-state index in [0.29, 0.717) is 5.92 Å². The van der Waals surface area contributed by atoms with E-state index >= 15 is 0 Å². The average molecular weight is 275 g/mol. The topological polar surface area (TPSA) is 37.8 Å². The van der Waals surface area contributed by atoms with E-state index < -0.39 is 0 Å². The van der Waals surface area contributed by atoms with Gasteiger partial charge in [-0.3, -0.25) is 0 Å². The molecule has 1 heterocycles. The predicted molar refractivity (Wildman–Crippen MR) is 81.5 cm³/mol. The molecule has 1 aromatic carbocycles. The summed E-state index contributed by atoms with van der Waals surface area (Å²) in [7, 11) is 0. The van der Waals surface area contributed by atoms with E-state index in [4.69, 9.17) is 0 Å². The van der Waals surface area contributed by atoms with Crippen molar-refractivity contribution in [1.82, 2.24) is 15.5 Å². The van der Waals surface area contributed by atoms with Gasteiger partial charge in [0, 0.05) is 18.5 Å². The maximum atomic E-state index is 4.27. The van der Waals surface area contributed by atoms with Gasteiger partial charge < -0.3 is 5.32 Å². The third kappa shape index (κ3) is 4.40. The molecule has 2 rings (SSSR count). The average Bonchev–Trinajstić information content (AvgIpc) is 2.84. The Morgan fingerprint density at radius 1 is 1.16 bits per heavy atom. The highest BCUT2D eigenvalue weighted by molar-refractivity contribution is 7.14. The van der Waals surface area contributed by atoms with Crippen molar-refractivity contribution in [2.75, 3.05) is 13.1 Å². The molecule has 0 saturated carbocycles. The van der Waals surface area contributed by atoms with Crippen LogP contribution in [0.5, 0.6) is 0 Å². The Kier molecular flexibility index (Phi) is 5.05. The van der Waals surface area contributed by atoms with Crippen LogP contribution in [0.15, 0.2) is 24.3 Å². The molecule has 2 aromatic rings. The minimum Gasteiger partial charge on any atom is -0.316 e. The number of benzene rings is 1. The SMILES string of the molecule is Cc1ccc(-c2nnc(CCNCC(C)C)s2)cc1. The van der Waals surface area contributed by atoms with E-state index in [2.05, 4.69) is 60.6 Å². The summed E-state index contributed by atoms with van der Waals surface area (Å²) in [5.41, 5.74) is 2.43. The highest BCUT2D eigenvalue weighted by Gasteiger charge is 2.06. The molecular formula is C15H21N3S. The molecule has 0 bridgehead atoms. The fourth-order valence-corrected chi connectivity index (χ4v) is 2.60. The third-order valence-corrected chi connectivity index (χ3v) is 3.87. The first kappa shape index (κ1) is 14.2. The van der Waals surface area contributed by atoms with E-state index in [1.807, 2.05) is 0 Å². The van der Waals surface area contributed by atoms with Crippen molar-refractivity contribution in [2.45, 2.75) is 27.2 Å². The number of aromatic nitrogens is 2. The normalized spacial score (nSPS) is 11.2. The minimum absolute atomic E-state index is 0.692. The molecular weight excluding hydrogens is 254 g/mol. The Balaban J connectivity index is 1.90. The van der Waals surface area contributed by atoms with Crippen LogP contribution in [0, 0.1) is 12.8 Å². The van der Waals surface area contributed by atoms with Crippen molar-refractivity contribution in [3.63, 3.8) is 0 Å². The fourth-order valence-electron chi connectivity index (χ4n) is 1.75. The van der Waals surface area contributed by atoms with E-state index in [-0.39, 0.29) is 0 Å². The van der Waals surface area contributed by atoms with Gasteiger partial charge in [-0.1, -0.05) is 55.0 Å². The van der Waals surface area contributed by atoms with Crippen LogP contribution >= 0.6 is 11.3 Å². The van der Waals surface area contributed by atoms with Crippen molar-refractivity contribution in [3.8, 4) is 10.6 Å². The molecule has 0 atom stereocenters. The third-order valence-electron chi connectivity index (χ3n) is 2.83. The lowest BCUT2D eigenvalue weighted by molar-refractivity contribution is 0.553. The summed E-state index contributed by atoms with van der Waals surface area (Å²) in [6.07, 6.45) is 0.955.